The molecule has 0 radical (unpaired) electrons. The molecule has 1 aromatic rings. The van der Waals surface area contributed by atoms with Gasteiger partial charge in [-0.25, -0.2) is 0 Å². The third kappa shape index (κ3) is 4.56. The summed E-state index contributed by atoms with van der Waals surface area (Å²) in [5.74, 6) is 1.70. The van der Waals surface area contributed by atoms with Crippen molar-refractivity contribution in [3.05, 3.63) is 29.8 Å². The van der Waals surface area contributed by atoms with E-state index in [1.807, 2.05) is 6.07 Å². The SMILES string of the molecule is CCCCC(CBr)Cc1cccc(OC)c1. The zero-order chi connectivity index (χ0) is 11.8. The first kappa shape index (κ1) is 13.6. The zero-order valence-electron chi connectivity index (χ0n) is 10.2. The molecule has 0 aliphatic carbocycles. The topological polar surface area (TPSA) is 9.23 Å². The third-order valence-electron chi connectivity index (χ3n) is 2.84. The normalized spacial score (nSPS) is 12.4. The van der Waals surface area contributed by atoms with Gasteiger partial charge in [0.15, 0.2) is 0 Å². The van der Waals surface area contributed by atoms with Crippen LogP contribution in [0.5, 0.6) is 5.75 Å². The number of hydrogen-bond acceptors (Lipinski definition) is 1. The monoisotopic (exact) mass is 284 g/mol. The van der Waals surface area contributed by atoms with Crippen molar-refractivity contribution in [1.82, 2.24) is 0 Å². The lowest BCUT2D eigenvalue weighted by molar-refractivity contribution is 0.413. The number of methoxy groups -OCH3 is 1. The van der Waals surface area contributed by atoms with Crippen LogP contribution in [0.1, 0.15) is 31.7 Å². The smallest absolute Gasteiger partial charge is 0.119 e. The van der Waals surface area contributed by atoms with E-state index in [-0.39, 0.29) is 0 Å². The number of unbranched alkanes of at least 4 members (excludes halogenated alkanes) is 1. The van der Waals surface area contributed by atoms with Crippen LogP contribution in [0, 0.1) is 5.92 Å². The van der Waals surface area contributed by atoms with E-state index < -0.39 is 0 Å². The van der Waals surface area contributed by atoms with E-state index in [2.05, 4.69) is 41.1 Å². The highest BCUT2D eigenvalue weighted by molar-refractivity contribution is 9.09. The Morgan fingerprint density at radius 3 is 2.81 bits per heavy atom. The molecule has 2 heteroatoms. The second-order valence-corrected chi connectivity index (χ2v) is 4.87. The Morgan fingerprint density at radius 2 is 2.19 bits per heavy atom. The molecule has 1 nitrogen and oxygen atoms in total. The highest BCUT2D eigenvalue weighted by Crippen LogP contribution is 2.20. The number of rotatable bonds is 7. The first-order valence-corrected chi connectivity index (χ1v) is 7.11. The molecule has 1 aromatic carbocycles. The van der Waals surface area contributed by atoms with E-state index in [4.69, 9.17) is 4.74 Å². The van der Waals surface area contributed by atoms with Crippen molar-refractivity contribution in [2.75, 3.05) is 12.4 Å². The van der Waals surface area contributed by atoms with E-state index in [1.54, 1.807) is 7.11 Å². The van der Waals surface area contributed by atoms with Crippen LogP contribution in [0.15, 0.2) is 24.3 Å². The van der Waals surface area contributed by atoms with Gasteiger partial charge in [0, 0.05) is 5.33 Å². The van der Waals surface area contributed by atoms with Gasteiger partial charge in [-0.1, -0.05) is 47.8 Å². The van der Waals surface area contributed by atoms with Crippen LogP contribution in [-0.2, 0) is 6.42 Å². The second kappa shape index (κ2) is 7.72. The molecule has 0 aliphatic heterocycles. The molecule has 90 valence electrons. The molecule has 1 rings (SSSR count). The predicted molar refractivity (Wildman–Crippen MR) is 73.5 cm³/mol. The molecule has 1 atom stereocenters. The summed E-state index contributed by atoms with van der Waals surface area (Å²) >= 11 is 3.61. The molecule has 0 aromatic heterocycles. The molecule has 0 aliphatic rings. The first-order chi connectivity index (χ1) is 7.80. The van der Waals surface area contributed by atoms with Gasteiger partial charge < -0.3 is 4.74 Å². The summed E-state index contributed by atoms with van der Waals surface area (Å²) in [4.78, 5) is 0. The zero-order valence-corrected chi connectivity index (χ0v) is 11.8. The van der Waals surface area contributed by atoms with Crippen LogP contribution in [0.25, 0.3) is 0 Å². The Bertz CT molecular complexity index is 299. The van der Waals surface area contributed by atoms with Crippen molar-refractivity contribution < 1.29 is 4.74 Å². The molecular formula is C14H21BrO. The van der Waals surface area contributed by atoms with Crippen LogP contribution in [0.4, 0.5) is 0 Å². The average Bonchev–Trinajstić information content (AvgIpc) is 2.34. The molecular weight excluding hydrogens is 264 g/mol. The van der Waals surface area contributed by atoms with E-state index >= 15 is 0 Å². The molecule has 0 saturated carbocycles. The van der Waals surface area contributed by atoms with Gasteiger partial charge in [-0.05, 0) is 36.5 Å². The van der Waals surface area contributed by atoms with Crippen molar-refractivity contribution in [3.63, 3.8) is 0 Å². The number of halogens is 1. The largest absolute Gasteiger partial charge is 0.497 e. The molecule has 0 heterocycles. The quantitative estimate of drug-likeness (QED) is 0.673. The van der Waals surface area contributed by atoms with Crippen LogP contribution < -0.4 is 4.74 Å². The maximum atomic E-state index is 5.24. The van der Waals surface area contributed by atoms with Gasteiger partial charge in [-0.15, -0.1) is 0 Å². The van der Waals surface area contributed by atoms with E-state index in [1.165, 1.54) is 24.8 Å². The van der Waals surface area contributed by atoms with Gasteiger partial charge in [0.05, 0.1) is 7.11 Å². The van der Waals surface area contributed by atoms with Crippen LogP contribution in [-0.4, -0.2) is 12.4 Å². The standard InChI is InChI=1S/C14H21BrO/c1-3-4-6-13(11-15)9-12-7-5-8-14(10-12)16-2/h5,7-8,10,13H,3-4,6,9,11H2,1-2H3. The van der Waals surface area contributed by atoms with Crippen molar-refractivity contribution in [1.29, 1.82) is 0 Å². The van der Waals surface area contributed by atoms with E-state index in [0.717, 1.165) is 23.4 Å². The number of alkyl halides is 1. The summed E-state index contributed by atoms with van der Waals surface area (Å²) in [7, 11) is 1.72. The van der Waals surface area contributed by atoms with Crippen molar-refractivity contribution >= 4 is 15.9 Å². The Balaban J connectivity index is 2.55. The lowest BCUT2D eigenvalue weighted by Gasteiger charge is -2.14. The van der Waals surface area contributed by atoms with E-state index in [9.17, 15) is 0 Å². The van der Waals surface area contributed by atoms with Crippen LogP contribution >= 0.6 is 15.9 Å². The molecule has 1 unspecified atom stereocenters. The highest BCUT2D eigenvalue weighted by atomic mass is 79.9. The molecule has 0 spiro atoms. The second-order valence-electron chi connectivity index (χ2n) is 4.22. The summed E-state index contributed by atoms with van der Waals surface area (Å²) in [5.41, 5.74) is 1.37. The average molecular weight is 285 g/mol. The minimum absolute atomic E-state index is 0.743. The summed E-state index contributed by atoms with van der Waals surface area (Å²) in [5, 5.41) is 1.09. The van der Waals surface area contributed by atoms with Gasteiger partial charge in [0.2, 0.25) is 0 Å². The Labute approximate surface area is 107 Å². The third-order valence-corrected chi connectivity index (χ3v) is 3.76. The minimum Gasteiger partial charge on any atom is -0.497 e. The van der Waals surface area contributed by atoms with Crippen molar-refractivity contribution in [2.24, 2.45) is 5.92 Å². The summed E-state index contributed by atoms with van der Waals surface area (Å²) in [6.07, 6.45) is 5.04. The van der Waals surface area contributed by atoms with Gasteiger partial charge in [-0.2, -0.15) is 0 Å². The molecule has 16 heavy (non-hydrogen) atoms. The van der Waals surface area contributed by atoms with Gasteiger partial charge in [0.25, 0.3) is 0 Å². The van der Waals surface area contributed by atoms with Crippen molar-refractivity contribution in [3.8, 4) is 5.75 Å². The number of ether oxygens (including phenoxy) is 1. The van der Waals surface area contributed by atoms with E-state index in [0.29, 0.717) is 0 Å². The number of benzene rings is 1. The van der Waals surface area contributed by atoms with Crippen LogP contribution in [0.3, 0.4) is 0 Å². The molecule has 0 fully saturated rings. The fourth-order valence-electron chi connectivity index (χ4n) is 1.86. The fraction of sp³-hybridized carbons (Fsp3) is 0.571. The maximum Gasteiger partial charge on any atom is 0.119 e. The van der Waals surface area contributed by atoms with Crippen LogP contribution in [0.2, 0.25) is 0 Å². The highest BCUT2D eigenvalue weighted by Gasteiger charge is 2.08. The first-order valence-electron chi connectivity index (χ1n) is 5.99. The fourth-order valence-corrected chi connectivity index (χ4v) is 2.41. The Hall–Kier alpha value is -0.500. The molecule has 0 bridgehead atoms. The molecule has 0 amide bonds. The predicted octanol–water partition coefficient (Wildman–Crippen LogP) is 4.44. The van der Waals surface area contributed by atoms with Gasteiger partial charge >= 0.3 is 0 Å². The lowest BCUT2D eigenvalue weighted by atomic mass is 9.96. The summed E-state index contributed by atoms with van der Waals surface area (Å²) < 4.78 is 5.24. The molecule has 0 saturated heterocycles. The lowest BCUT2D eigenvalue weighted by Crippen LogP contribution is -2.06. The maximum absolute atomic E-state index is 5.24. The van der Waals surface area contributed by atoms with Gasteiger partial charge in [0.1, 0.15) is 5.75 Å². The van der Waals surface area contributed by atoms with Gasteiger partial charge in [-0.3, -0.25) is 0 Å². The molecule has 0 N–H and O–H groups in total. The minimum atomic E-state index is 0.743. The Kier molecular flexibility index (Phi) is 6.55. The summed E-state index contributed by atoms with van der Waals surface area (Å²) in [6, 6.07) is 8.39. The Morgan fingerprint density at radius 1 is 1.38 bits per heavy atom. The summed E-state index contributed by atoms with van der Waals surface area (Å²) in [6.45, 7) is 2.25. The van der Waals surface area contributed by atoms with Crippen molar-refractivity contribution in [2.45, 2.75) is 32.6 Å². The number of hydrogen-bond donors (Lipinski definition) is 0.